The highest BCUT2D eigenvalue weighted by Crippen LogP contribution is 2.28. The second-order valence-electron chi connectivity index (χ2n) is 6.92. The molecule has 1 fully saturated rings. The second-order valence-corrected chi connectivity index (χ2v) is 6.92. The Morgan fingerprint density at radius 2 is 1.48 bits per heavy atom. The third kappa shape index (κ3) is 3.22. The molecular weight excluding hydrogens is 344 g/mol. The molecule has 27 heavy (non-hydrogen) atoms. The molecule has 0 unspecified atom stereocenters. The smallest absolute Gasteiger partial charge is 0.266 e. The summed E-state index contributed by atoms with van der Waals surface area (Å²) in [6.07, 6.45) is 0. The standard InChI is InChI=1S/C20H20N4O3/c1-22-10-12-23(13-11-22)21-18(25)14-6-8-15(9-7-14)24-19(26)16-4-2-3-5-17(16)20(24)27/h2-9H,10-13H2,1H3,(H,21,25)/p+1. The SMILES string of the molecule is C[NH+]1CCN(NC(=O)c2ccc(N3C(=O)c4ccccc4C3=O)cc2)CC1. The van der Waals surface area contributed by atoms with E-state index in [1.165, 1.54) is 4.90 Å². The number of benzene rings is 2. The van der Waals surface area contributed by atoms with Crippen molar-refractivity contribution >= 4 is 23.4 Å². The fraction of sp³-hybridized carbons (Fsp3) is 0.250. The van der Waals surface area contributed by atoms with Gasteiger partial charge in [-0.15, -0.1) is 0 Å². The third-order valence-corrected chi connectivity index (χ3v) is 5.06. The molecule has 0 bridgehead atoms. The van der Waals surface area contributed by atoms with Gasteiger partial charge in [-0.25, -0.2) is 9.91 Å². The zero-order valence-corrected chi connectivity index (χ0v) is 15.1. The fourth-order valence-electron chi connectivity index (χ4n) is 3.39. The number of carbonyl (C=O) groups excluding carboxylic acids is 3. The molecule has 2 N–H and O–H groups in total. The molecule has 2 aromatic rings. The van der Waals surface area contributed by atoms with Crippen LogP contribution in [0.5, 0.6) is 0 Å². The Balaban J connectivity index is 1.47. The molecule has 0 saturated carbocycles. The molecule has 7 heteroatoms. The van der Waals surface area contributed by atoms with Gasteiger partial charge in [0.1, 0.15) is 0 Å². The molecule has 0 spiro atoms. The van der Waals surface area contributed by atoms with E-state index in [2.05, 4.69) is 12.5 Å². The summed E-state index contributed by atoms with van der Waals surface area (Å²) in [5, 5.41) is 1.92. The van der Waals surface area contributed by atoms with Crippen molar-refractivity contribution in [3.8, 4) is 0 Å². The molecular formula is C20H21N4O3+. The van der Waals surface area contributed by atoms with Gasteiger partial charge in [0.25, 0.3) is 17.7 Å². The molecule has 7 nitrogen and oxygen atoms in total. The minimum Gasteiger partial charge on any atom is -0.335 e. The predicted molar refractivity (Wildman–Crippen MR) is 99.7 cm³/mol. The number of hydrogen-bond acceptors (Lipinski definition) is 4. The summed E-state index contributed by atoms with van der Waals surface area (Å²) in [6.45, 7) is 3.59. The quantitative estimate of drug-likeness (QED) is 0.749. The predicted octanol–water partition coefficient (Wildman–Crippen LogP) is -0.0377. The van der Waals surface area contributed by atoms with Crippen molar-refractivity contribution in [2.45, 2.75) is 0 Å². The molecule has 0 radical (unpaired) electrons. The average Bonchev–Trinajstić information content (AvgIpc) is 2.95. The van der Waals surface area contributed by atoms with E-state index in [4.69, 9.17) is 0 Å². The van der Waals surface area contributed by atoms with Gasteiger partial charge in [-0.3, -0.25) is 19.8 Å². The summed E-state index contributed by atoms with van der Waals surface area (Å²) in [4.78, 5) is 40.1. The molecule has 0 aliphatic carbocycles. The van der Waals surface area contributed by atoms with Gasteiger partial charge in [-0.1, -0.05) is 12.1 Å². The van der Waals surface area contributed by atoms with Crippen LogP contribution in [0.15, 0.2) is 48.5 Å². The molecule has 0 aromatic heterocycles. The van der Waals surface area contributed by atoms with Crippen LogP contribution in [0, 0.1) is 0 Å². The van der Waals surface area contributed by atoms with Crippen molar-refractivity contribution in [2.24, 2.45) is 0 Å². The number of anilines is 1. The van der Waals surface area contributed by atoms with Crippen LogP contribution in [0.4, 0.5) is 5.69 Å². The van der Waals surface area contributed by atoms with Gasteiger partial charge in [0, 0.05) is 5.56 Å². The first kappa shape index (κ1) is 17.4. The number of hydrazine groups is 1. The van der Waals surface area contributed by atoms with E-state index in [-0.39, 0.29) is 17.7 Å². The number of hydrogen-bond donors (Lipinski definition) is 2. The van der Waals surface area contributed by atoms with Crippen LogP contribution in [-0.4, -0.2) is 56.0 Å². The summed E-state index contributed by atoms with van der Waals surface area (Å²) < 4.78 is 0. The first-order chi connectivity index (χ1) is 13.0. The van der Waals surface area contributed by atoms with Crippen molar-refractivity contribution in [2.75, 3.05) is 38.1 Å². The monoisotopic (exact) mass is 365 g/mol. The number of imide groups is 1. The van der Waals surface area contributed by atoms with Gasteiger partial charge >= 0.3 is 0 Å². The van der Waals surface area contributed by atoms with Crippen molar-refractivity contribution < 1.29 is 19.3 Å². The Hall–Kier alpha value is -3.03. The van der Waals surface area contributed by atoms with Gasteiger partial charge in [0.15, 0.2) is 0 Å². The lowest BCUT2D eigenvalue weighted by atomic mass is 10.1. The number of nitrogens with one attached hydrogen (secondary N) is 2. The minimum atomic E-state index is -0.340. The lowest BCUT2D eigenvalue weighted by Gasteiger charge is -2.30. The Labute approximate surface area is 157 Å². The summed E-state index contributed by atoms with van der Waals surface area (Å²) in [7, 11) is 2.14. The van der Waals surface area contributed by atoms with E-state index in [0.29, 0.717) is 22.4 Å². The summed E-state index contributed by atoms with van der Waals surface area (Å²) in [5.41, 5.74) is 4.67. The number of rotatable bonds is 3. The van der Waals surface area contributed by atoms with Crippen LogP contribution in [0.25, 0.3) is 0 Å². The van der Waals surface area contributed by atoms with Crippen LogP contribution in [-0.2, 0) is 0 Å². The van der Waals surface area contributed by atoms with E-state index in [9.17, 15) is 14.4 Å². The first-order valence-electron chi connectivity index (χ1n) is 9.00. The number of amides is 3. The van der Waals surface area contributed by atoms with Gasteiger partial charge in [0.05, 0.1) is 50.0 Å². The highest BCUT2D eigenvalue weighted by molar-refractivity contribution is 6.34. The lowest BCUT2D eigenvalue weighted by molar-refractivity contribution is -0.884. The molecule has 3 amide bonds. The van der Waals surface area contributed by atoms with E-state index < -0.39 is 0 Å². The van der Waals surface area contributed by atoms with Crippen molar-refractivity contribution in [1.82, 2.24) is 10.4 Å². The van der Waals surface area contributed by atoms with E-state index in [1.807, 2.05) is 5.01 Å². The van der Waals surface area contributed by atoms with Crippen LogP contribution in [0.2, 0.25) is 0 Å². The topological polar surface area (TPSA) is 74.2 Å². The zero-order chi connectivity index (χ0) is 19.0. The summed E-state index contributed by atoms with van der Waals surface area (Å²) in [6, 6.07) is 13.3. The number of carbonyl (C=O) groups is 3. The maximum absolute atomic E-state index is 12.5. The van der Waals surface area contributed by atoms with E-state index in [1.54, 1.807) is 48.5 Å². The summed E-state index contributed by atoms with van der Waals surface area (Å²) in [5.74, 6) is -0.871. The van der Waals surface area contributed by atoms with Crippen molar-refractivity contribution in [3.05, 3.63) is 65.2 Å². The van der Waals surface area contributed by atoms with Crippen molar-refractivity contribution in [1.29, 1.82) is 0 Å². The zero-order valence-electron chi connectivity index (χ0n) is 15.1. The Kier molecular flexibility index (Phi) is 4.47. The van der Waals surface area contributed by atoms with Crippen LogP contribution < -0.4 is 15.2 Å². The molecule has 2 aromatic carbocycles. The van der Waals surface area contributed by atoms with Gasteiger partial charge in [-0.05, 0) is 36.4 Å². The maximum Gasteiger partial charge on any atom is 0.266 e. The maximum atomic E-state index is 12.5. The Morgan fingerprint density at radius 1 is 0.926 bits per heavy atom. The number of quaternary nitrogens is 1. The Morgan fingerprint density at radius 3 is 2.04 bits per heavy atom. The molecule has 4 rings (SSSR count). The molecule has 2 aliphatic rings. The highest BCUT2D eigenvalue weighted by atomic mass is 16.2. The molecule has 1 saturated heterocycles. The number of piperazine rings is 1. The van der Waals surface area contributed by atoms with Gasteiger partial charge in [0.2, 0.25) is 0 Å². The van der Waals surface area contributed by atoms with Crippen LogP contribution >= 0.6 is 0 Å². The van der Waals surface area contributed by atoms with E-state index in [0.717, 1.165) is 31.1 Å². The lowest BCUT2D eigenvalue weighted by Crippen LogP contribution is -3.12. The largest absolute Gasteiger partial charge is 0.335 e. The van der Waals surface area contributed by atoms with Crippen LogP contribution in [0.1, 0.15) is 31.1 Å². The second kappa shape index (κ2) is 6.94. The molecule has 0 atom stereocenters. The Bertz CT molecular complexity index is 867. The number of fused-ring (bicyclic) bond motifs is 1. The highest BCUT2D eigenvalue weighted by Gasteiger charge is 2.36. The van der Waals surface area contributed by atoms with Gasteiger partial charge < -0.3 is 4.90 Å². The molecule has 2 aliphatic heterocycles. The fourth-order valence-corrected chi connectivity index (χ4v) is 3.39. The number of nitrogens with zero attached hydrogens (tertiary/aromatic N) is 2. The normalized spacial score (nSPS) is 17.9. The van der Waals surface area contributed by atoms with Gasteiger partial charge in [-0.2, -0.15) is 0 Å². The molecule has 138 valence electrons. The minimum absolute atomic E-state index is 0.191. The average molecular weight is 365 g/mol. The van der Waals surface area contributed by atoms with Crippen molar-refractivity contribution in [3.63, 3.8) is 0 Å². The summed E-state index contributed by atoms with van der Waals surface area (Å²) >= 11 is 0. The third-order valence-electron chi connectivity index (χ3n) is 5.06. The first-order valence-corrected chi connectivity index (χ1v) is 9.00. The molecule has 2 heterocycles. The number of likely N-dealkylation sites (N-methyl/N-ethyl adjacent to an activating group) is 1. The van der Waals surface area contributed by atoms with Crippen LogP contribution in [0.3, 0.4) is 0 Å². The van der Waals surface area contributed by atoms with E-state index >= 15 is 0 Å².